The van der Waals surface area contributed by atoms with Gasteiger partial charge in [0.15, 0.2) is 0 Å². The first-order chi connectivity index (χ1) is 12.6. The lowest BCUT2D eigenvalue weighted by Crippen LogP contribution is -2.26. The van der Waals surface area contributed by atoms with Gasteiger partial charge in [0, 0.05) is 16.1 Å². The normalized spacial score (nSPS) is 11.0. The fraction of sp³-hybridized carbons (Fsp3) is 0.0952. The smallest absolute Gasteiger partial charge is 0.244 e. The Labute approximate surface area is 162 Å². The summed E-state index contributed by atoms with van der Waals surface area (Å²) >= 11 is 11.9. The van der Waals surface area contributed by atoms with Crippen LogP contribution < -0.4 is 10.1 Å². The molecule has 0 aliphatic heterocycles. The van der Waals surface area contributed by atoms with Crippen molar-refractivity contribution in [1.82, 2.24) is 5.32 Å². The summed E-state index contributed by atoms with van der Waals surface area (Å²) in [5, 5.41) is 6.12. The van der Waals surface area contributed by atoms with Gasteiger partial charge >= 0.3 is 0 Å². The first-order valence-corrected chi connectivity index (χ1v) is 8.90. The summed E-state index contributed by atoms with van der Waals surface area (Å²) in [7, 11) is 0. The molecule has 0 aromatic heterocycles. The minimum absolute atomic E-state index is 0.210. The van der Waals surface area contributed by atoms with Gasteiger partial charge in [0.1, 0.15) is 12.4 Å². The molecule has 1 amide bonds. The Morgan fingerprint density at radius 3 is 2.62 bits per heavy atom. The van der Waals surface area contributed by atoms with E-state index in [9.17, 15) is 4.79 Å². The number of halogens is 2. The summed E-state index contributed by atoms with van der Waals surface area (Å²) < 4.78 is 5.68. The standard InChI is InChI=1S/C21H17Cl2NO2/c22-18-8-5-16(20(23)14-18)7-10-21(25)24-11-12-26-19-9-6-15-3-1-2-4-17(15)13-19/h1-10,13-14H,11-12H2,(H,24,25)/b10-7+. The third-order valence-electron chi connectivity index (χ3n) is 3.77. The van der Waals surface area contributed by atoms with E-state index in [1.165, 1.54) is 11.5 Å². The molecule has 0 saturated heterocycles. The van der Waals surface area contributed by atoms with Crippen molar-refractivity contribution in [3.63, 3.8) is 0 Å². The Balaban J connectivity index is 1.46. The van der Waals surface area contributed by atoms with E-state index in [0.29, 0.717) is 23.2 Å². The first kappa shape index (κ1) is 18.3. The number of ether oxygens (including phenoxy) is 1. The van der Waals surface area contributed by atoms with E-state index >= 15 is 0 Å². The third-order valence-corrected chi connectivity index (χ3v) is 4.33. The lowest BCUT2D eigenvalue weighted by Gasteiger charge is -2.07. The number of hydrogen-bond donors (Lipinski definition) is 1. The van der Waals surface area contributed by atoms with Crippen LogP contribution in [0.25, 0.3) is 16.8 Å². The third kappa shape index (κ3) is 5.01. The van der Waals surface area contributed by atoms with Crippen LogP contribution in [0.4, 0.5) is 0 Å². The molecular formula is C21H17Cl2NO2. The summed E-state index contributed by atoms with van der Waals surface area (Å²) in [4.78, 5) is 11.9. The highest BCUT2D eigenvalue weighted by Crippen LogP contribution is 2.22. The molecule has 3 nitrogen and oxygen atoms in total. The largest absolute Gasteiger partial charge is 0.492 e. The van der Waals surface area contributed by atoms with E-state index < -0.39 is 0 Å². The molecule has 3 aromatic carbocycles. The molecule has 1 N–H and O–H groups in total. The zero-order valence-corrected chi connectivity index (χ0v) is 15.4. The van der Waals surface area contributed by atoms with Crippen LogP contribution in [0.15, 0.2) is 66.7 Å². The summed E-state index contributed by atoms with van der Waals surface area (Å²) in [5.41, 5.74) is 0.735. The maximum atomic E-state index is 11.9. The molecule has 0 fully saturated rings. The van der Waals surface area contributed by atoms with Crippen LogP contribution in [0.1, 0.15) is 5.56 Å². The summed E-state index contributed by atoms with van der Waals surface area (Å²) in [6.07, 6.45) is 3.09. The zero-order chi connectivity index (χ0) is 18.4. The number of nitrogens with one attached hydrogen (secondary N) is 1. The van der Waals surface area contributed by atoms with Gasteiger partial charge in [-0.1, -0.05) is 59.6 Å². The maximum Gasteiger partial charge on any atom is 0.244 e. The van der Waals surface area contributed by atoms with Crippen LogP contribution in [0.2, 0.25) is 10.0 Å². The maximum absolute atomic E-state index is 11.9. The summed E-state index contributed by atoms with van der Waals surface area (Å²) in [6, 6.07) is 19.1. The predicted octanol–water partition coefficient (Wildman–Crippen LogP) is 5.36. The minimum Gasteiger partial charge on any atom is -0.492 e. The second-order valence-corrected chi connectivity index (χ2v) is 6.49. The van der Waals surface area contributed by atoms with Gasteiger partial charge in [-0.3, -0.25) is 4.79 Å². The quantitative estimate of drug-likeness (QED) is 0.458. The highest BCUT2D eigenvalue weighted by molar-refractivity contribution is 6.35. The van der Waals surface area contributed by atoms with Gasteiger partial charge in [0.25, 0.3) is 0 Å². The van der Waals surface area contributed by atoms with Crippen LogP contribution in [-0.4, -0.2) is 19.1 Å². The Morgan fingerprint density at radius 1 is 1.00 bits per heavy atom. The number of rotatable bonds is 6. The van der Waals surface area contributed by atoms with Crippen molar-refractivity contribution in [2.24, 2.45) is 0 Å². The number of benzene rings is 3. The second kappa shape index (κ2) is 8.75. The Hall–Kier alpha value is -2.49. The molecule has 0 saturated carbocycles. The monoisotopic (exact) mass is 385 g/mol. The predicted molar refractivity (Wildman–Crippen MR) is 108 cm³/mol. The number of carbonyl (C=O) groups excluding carboxylic acids is 1. The molecule has 0 radical (unpaired) electrons. The van der Waals surface area contributed by atoms with Gasteiger partial charge in [-0.15, -0.1) is 0 Å². The van der Waals surface area contributed by atoms with Gasteiger partial charge in [-0.2, -0.15) is 0 Å². The van der Waals surface area contributed by atoms with E-state index in [1.54, 1.807) is 24.3 Å². The number of fused-ring (bicyclic) bond motifs is 1. The van der Waals surface area contributed by atoms with E-state index in [4.69, 9.17) is 27.9 Å². The highest BCUT2D eigenvalue weighted by atomic mass is 35.5. The summed E-state index contributed by atoms with van der Waals surface area (Å²) in [6.45, 7) is 0.796. The van der Waals surface area contributed by atoms with Gasteiger partial charge in [0.2, 0.25) is 5.91 Å². The zero-order valence-electron chi connectivity index (χ0n) is 13.9. The van der Waals surface area contributed by atoms with Crippen LogP contribution in [-0.2, 0) is 4.79 Å². The SMILES string of the molecule is O=C(/C=C/c1ccc(Cl)cc1Cl)NCCOc1ccc2ccccc2c1. The van der Waals surface area contributed by atoms with Gasteiger partial charge in [-0.05, 0) is 46.7 Å². The van der Waals surface area contributed by atoms with E-state index in [-0.39, 0.29) is 5.91 Å². The van der Waals surface area contributed by atoms with Gasteiger partial charge < -0.3 is 10.1 Å². The van der Waals surface area contributed by atoms with E-state index in [0.717, 1.165) is 16.7 Å². The molecule has 0 heterocycles. The van der Waals surface area contributed by atoms with Crippen LogP contribution in [0.5, 0.6) is 5.75 Å². The van der Waals surface area contributed by atoms with Crippen LogP contribution >= 0.6 is 23.2 Å². The van der Waals surface area contributed by atoms with Gasteiger partial charge in [-0.25, -0.2) is 0 Å². The van der Waals surface area contributed by atoms with Gasteiger partial charge in [0.05, 0.1) is 6.54 Å². The number of hydrogen-bond acceptors (Lipinski definition) is 2. The number of carbonyl (C=O) groups is 1. The van der Waals surface area contributed by atoms with Crippen molar-refractivity contribution in [3.8, 4) is 5.75 Å². The molecule has 5 heteroatoms. The van der Waals surface area contributed by atoms with Crippen molar-refractivity contribution in [2.75, 3.05) is 13.2 Å². The lowest BCUT2D eigenvalue weighted by molar-refractivity contribution is -0.116. The molecular weight excluding hydrogens is 369 g/mol. The van der Waals surface area contributed by atoms with Crippen molar-refractivity contribution < 1.29 is 9.53 Å². The van der Waals surface area contributed by atoms with Crippen molar-refractivity contribution in [3.05, 3.63) is 82.3 Å². The average Bonchev–Trinajstić information content (AvgIpc) is 2.64. The molecule has 3 rings (SSSR count). The average molecular weight is 386 g/mol. The Bertz CT molecular complexity index is 954. The Kier molecular flexibility index (Phi) is 6.16. The number of amides is 1. The molecule has 0 unspecified atom stereocenters. The molecule has 26 heavy (non-hydrogen) atoms. The fourth-order valence-corrected chi connectivity index (χ4v) is 2.93. The fourth-order valence-electron chi connectivity index (χ4n) is 2.46. The van der Waals surface area contributed by atoms with Crippen molar-refractivity contribution in [1.29, 1.82) is 0 Å². The van der Waals surface area contributed by atoms with Crippen molar-refractivity contribution >= 4 is 46.0 Å². The molecule has 3 aromatic rings. The van der Waals surface area contributed by atoms with Crippen LogP contribution in [0, 0.1) is 0 Å². The second-order valence-electron chi connectivity index (χ2n) is 5.65. The summed E-state index contributed by atoms with van der Waals surface area (Å²) in [5.74, 6) is 0.569. The Morgan fingerprint density at radius 2 is 1.81 bits per heavy atom. The van der Waals surface area contributed by atoms with Crippen LogP contribution in [0.3, 0.4) is 0 Å². The molecule has 0 aliphatic carbocycles. The minimum atomic E-state index is -0.210. The first-order valence-electron chi connectivity index (χ1n) is 8.14. The molecule has 0 atom stereocenters. The van der Waals surface area contributed by atoms with E-state index in [2.05, 4.69) is 11.4 Å². The molecule has 0 aliphatic rings. The molecule has 0 bridgehead atoms. The van der Waals surface area contributed by atoms with Crippen molar-refractivity contribution in [2.45, 2.75) is 0 Å². The lowest BCUT2D eigenvalue weighted by atomic mass is 10.1. The van der Waals surface area contributed by atoms with E-state index in [1.807, 2.05) is 36.4 Å². The topological polar surface area (TPSA) is 38.3 Å². The molecule has 132 valence electrons. The molecule has 0 spiro atoms. The highest BCUT2D eigenvalue weighted by Gasteiger charge is 2.01.